The molecule has 1 saturated heterocycles. The van der Waals surface area contributed by atoms with Crippen molar-refractivity contribution in [3.05, 3.63) is 30.5 Å². The van der Waals surface area contributed by atoms with Crippen LogP contribution in [0, 0.1) is 6.92 Å². The third kappa shape index (κ3) is 2.90. The van der Waals surface area contributed by atoms with Crippen LogP contribution in [-0.2, 0) is 0 Å². The van der Waals surface area contributed by atoms with Crippen molar-refractivity contribution in [3.8, 4) is 28.8 Å². The predicted octanol–water partition coefficient (Wildman–Crippen LogP) is 2.24. The zero-order chi connectivity index (χ0) is 17.2. The molecule has 4 rings (SSSR count). The first-order valence-electron chi connectivity index (χ1n) is 8.25. The van der Waals surface area contributed by atoms with E-state index in [1.807, 2.05) is 13.0 Å². The van der Waals surface area contributed by atoms with Crippen LogP contribution < -0.4 is 9.64 Å². The Morgan fingerprint density at radius 3 is 2.68 bits per heavy atom. The van der Waals surface area contributed by atoms with E-state index in [1.54, 1.807) is 19.5 Å². The second kappa shape index (κ2) is 6.46. The Labute approximate surface area is 145 Å². The third-order valence-corrected chi connectivity index (χ3v) is 4.23. The number of nitrogens with one attached hydrogen (secondary N) is 1. The number of hydrogen-bond donors (Lipinski definition) is 1. The number of methoxy groups -OCH3 is 1. The van der Waals surface area contributed by atoms with Crippen LogP contribution >= 0.6 is 0 Å². The molecule has 128 valence electrons. The van der Waals surface area contributed by atoms with E-state index in [9.17, 15) is 0 Å². The summed E-state index contributed by atoms with van der Waals surface area (Å²) in [4.78, 5) is 27.6. The van der Waals surface area contributed by atoms with Gasteiger partial charge in [-0.15, -0.1) is 0 Å². The monoisotopic (exact) mass is 337 g/mol. The van der Waals surface area contributed by atoms with Crippen molar-refractivity contribution < 1.29 is 4.74 Å². The highest BCUT2D eigenvalue weighted by Gasteiger charge is 2.22. The quantitative estimate of drug-likeness (QED) is 0.780. The Morgan fingerprint density at radius 1 is 1.12 bits per heavy atom. The number of nitrogens with zero attached hydrogens (tertiary/aromatic N) is 6. The molecule has 0 amide bonds. The summed E-state index contributed by atoms with van der Waals surface area (Å²) < 4.78 is 5.45. The van der Waals surface area contributed by atoms with Crippen molar-refractivity contribution in [3.63, 3.8) is 0 Å². The lowest BCUT2D eigenvalue weighted by atomic mass is 10.2. The summed E-state index contributed by atoms with van der Waals surface area (Å²) in [6.07, 6.45) is 7.36. The van der Waals surface area contributed by atoms with Crippen molar-refractivity contribution in [1.29, 1.82) is 0 Å². The van der Waals surface area contributed by atoms with Crippen molar-refractivity contribution in [2.45, 2.75) is 19.8 Å². The standard InChI is InChI=1S/C17H19N7O/c1-11-9-19-16(22-11)14-13(17(25-2)21-10-20-14)15-18-6-5-12(23-15)24-7-3-4-8-24/h5-6,9-10H,3-4,7-8H2,1-2H3,(H,19,22). The molecule has 3 aromatic heterocycles. The normalized spacial score (nSPS) is 14.1. The Kier molecular flexibility index (Phi) is 4.01. The van der Waals surface area contributed by atoms with Crippen LogP contribution in [0.1, 0.15) is 18.5 Å². The SMILES string of the molecule is COc1ncnc(-c2ncc(C)[nH]2)c1-c1nccc(N2CCCC2)n1. The number of imidazole rings is 1. The van der Waals surface area contributed by atoms with Gasteiger partial charge in [-0.3, -0.25) is 0 Å². The minimum absolute atomic E-state index is 0.428. The van der Waals surface area contributed by atoms with E-state index >= 15 is 0 Å². The fourth-order valence-corrected chi connectivity index (χ4v) is 3.03. The lowest BCUT2D eigenvalue weighted by molar-refractivity contribution is 0.398. The summed E-state index contributed by atoms with van der Waals surface area (Å²) in [5.74, 6) is 2.52. The van der Waals surface area contributed by atoms with Gasteiger partial charge in [0.2, 0.25) is 5.88 Å². The van der Waals surface area contributed by atoms with Crippen LogP contribution in [0.5, 0.6) is 5.88 Å². The Bertz CT molecular complexity index is 886. The van der Waals surface area contributed by atoms with Gasteiger partial charge in [0, 0.05) is 31.2 Å². The first-order valence-corrected chi connectivity index (χ1v) is 8.25. The summed E-state index contributed by atoms with van der Waals surface area (Å²) in [5.41, 5.74) is 2.21. The molecule has 0 bridgehead atoms. The summed E-state index contributed by atoms with van der Waals surface area (Å²) >= 11 is 0. The van der Waals surface area contributed by atoms with E-state index in [1.165, 1.54) is 19.2 Å². The molecule has 0 aromatic carbocycles. The molecule has 1 aliphatic heterocycles. The molecule has 8 heteroatoms. The summed E-state index contributed by atoms with van der Waals surface area (Å²) in [6, 6.07) is 1.93. The van der Waals surface area contributed by atoms with Crippen LogP contribution in [-0.4, -0.2) is 50.1 Å². The van der Waals surface area contributed by atoms with E-state index in [-0.39, 0.29) is 0 Å². The largest absolute Gasteiger partial charge is 0.480 e. The molecule has 3 aromatic rings. The lowest BCUT2D eigenvalue weighted by Gasteiger charge is -2.17. The molecule has 1 fully saturated rings. The second-order valence-electron chi connectivity index (χ2n) is 5.95. The van der Waals surface area contributed by atoms with Crippen molar-refractivity contribution >= 4 is 5.82 Å². The topological polar surface area (TPSA) is 92.7 Å². The van der Waals surface area contributed by atoms with Gasteiger partial charge < -0.3 is 14.6 Å². The number of ether oxygens (including phenoxy) is 1. The lowest BCUT2D eigenvalue weighted by Crippen LogP contribution is -2.19. The Morgan fingerprint density at radius 2 is 1.96 bits per heavy atom. The molecule has 0 spiro atoms. The van der Waals surface area contributed by atoms with Crippen molar-refractivity contribution in [2.24, 2.45) is 0 Å². The van der Waals surface area contributed by atoms with E-state index < -0.39 is 0 Å². The van der Waals surface area contributed by atoms with Gasteiger partial charge >= 0.3 is 0 Å². The zero-order valence-corrected chi connectivity index (χ0v) is 14.2. The summed E-state index contributed by atoms with van der Waals surface area (Å²) in [6.45, 7) is 3.98. The number of rotatable bonds is 4. The maximum absolute atomic E-state index is 5.45. The number of hydrogen-bond acceptors (Lipinski definition) is 7. The number of anilines is 1. The van der Waals surface area contributed by atoms with Gasteiger partial charge in [-0.2, -0.15) is 0 Å². The van der Waals surface area contributed by atoms with Crippen LogP contribution in [0.3, 0.4) is 0 Å². The molecule has 0 atom stereocenters. The number of H-pyrrole nitrogens is 1. The molecular weight excluding hydrogens is 318 g/mol. The third-order valence-electron chi connectivity index (χ3n) is 4.23. The molecule has 1 aliphatic rings. The van der Waals surface area contributed by atoms with Gasteiger partial charge in [0.05, 0.1) is 7.11 Å². The van der Waals surface area contributed by atoms with E-state index in [4.69, 9.17) is 9.72 Å². The van der Waals surface area contributed by atoms with Crippen LogP contribution in [0.4, 0.5) is 5.82 Å². The summed E-state index contributed by atoms with van der Waals surface area (Å²) in [5, 5.41) is 0. The average molecular weight is 337 g/mol. The molecule has 0 saturated carbocycles. The molecule has 8 nitrogen and oxygen atoms in total. The van der Waals surface area contributed by atoms with E-state index in [0.29, 0.717) is 28.8 Å². The smallest absolute Gasteiger partial charge is 0.228 e. The molecule has 0 unspecified atom stereocenters. The highest BCUT2D eigenvalue weighted by atomic mass is 16.5. The van der Waals surface area contributed by atoms with Gasteiger partial charge in [0.1, 0.15) is 23.4 Å². The van der Waals surface area contributed by atoms with Gasteiger partial charge in [-0.05, 0) is 25.8 Å². The van der Waals surface area contributed by atoms with Crippen LogP contribution in [0.2, 0.25) is 0 Å². The fraction of sp³-hybridized carbons (Fsp3) is 0.353. The first-order chi connectivity index (χ1) is 12.3. The Hall–Kier alpha value is -3.03. The van der Waals surface area contributed by atoms with Crippen molar-refractivity contribution in [2.75, 3.05) is 25.1 Å². The number of aromatic amines is 1. The first kappa shape index (κ1) is 15.5. The number of aryl methyl sites for hydroxylation is 1. The van der Waals surface area contributed by atoms with Gasteiger partial charge in [-0.1, -0.05) is 0 Å². The van der Waals surface area contributed by atoms with E-state index in [2.05, 4.69) is 29.8 Å². The maximum Gasteiger partial charge on any atom is 0.228 e. The predicted molar refractivity (Wildman–Crippen MR) is 93.4 cm³/mol. The van der Waals surface area contributed by atoms with Crippen LogP contribution in [0.25, 0.3) is 22.9 Å². The fourth-order valence-electron chi connectivity index (χ4n) is 3.03. The van der Waals surface area contributed by atoms with Gasteiger partial charge in [-0.25, -0.2) is 24.9 Å². The highest BCUT2D eigenvalue weighted by molar-refractivity contribution is 5.78. The average Bonchev–Trinajstić information content (AvgIpc) is 3.33. The zero-order valence-electron chi connectivity index (χ0n) is 14.2. The molecule has 25 heavy (non-hydrogen) atoms. The van der Waals surface area contributed by atoms with Gasteiger partial charge in [0.25, 0.3) is 0 Å². The van der Waals surface area contributed by atoms with E-state index in [0.717, 1.165) is 24.6 Å². The van der Waals surface area contributed by atoms with Crippen LogP contribution in [0.15, 0.2) is 24.8 Å². The number of aromatic nitrogens is 6. The molecule has 1 N–H and O–H groups in total. The maximum atomic E-state index is 5.45. The summed E-state index contributed by atoms with van der Waals surface area (Å²) in [7, 11) is 1.58. The molecule has 0 radical (unpaired) electrons. The minimum atomic E-state index is 0.428. The highest BCUT2D eigenvalue weighted by Crippen LogP contribution is 2.33. The minimum Gasteiger partial charge on any atom is -0.480 e. The second-order valence-corrected chi connectivity index (χ2v) is 5.95. The van der Waals surface area contributed by atoms with Gasteiger partial charge in [0.15, 0.2) is 11.6 Å². The molecule has 0 aliphatic carbocycles. The van der Waals surface area contributed by atoms with Crippen molar-refractivity contribution in [1.82, 2.24) is 29.9 Å². The molecule has 4 heterocycles. The Balaban J connectivity index is 1.85. The molecular formula is C17H19N7O.